The van der Waals surface area contributed by atoms with Crippen molar-refractivity contribution in [2.45, 2.75) is 51.6 Å². The number of likely N-dealkylation sites (N-methyl/N-ethyl adjacent to an activating group) is 1. The third-order valence-electron chi connectivity index (χ3n) is 6.47. The predicted octanol–water partition coefficient (Wildman–Crippen LogP) is 4.93. The molecule has 0 radical (unpaired) electrons. The molecule has 0 bridgehead atoms. The van der Waals surface area contributed by atoms with Gasteiger partial charge in [-0.1, -0.05) is 23.8 Å². The van der Waals surface area contributed by atoms with Crippen LogP contribution in [0.5, 0.6) is 0 Å². The average molecular weight is 463 g/mol. The van der Waals surface area contributed by atoms with Crippen LogP contribution in [0.15, 0.2) is 48.0 Å². The summed E-state index contributed by atoms with van der Waals surface area (Å²) in [7, 11) is 2.05. The molecule has 1 saturated carbocycles. The van der Waals surface area contributed by atoms with E-state index in [0.717, 1.165) is 29.6 Å². The Kier molecular flexibility index (Phi) is 5.69. The first kappa shape index (κ1) is 21.7. The standard InChI is InChI=1S/C24H27ClN8/c1-15-10-16(2)33(31(15)3)21-11-20(27-14-28-21)29-24-22(25)23(30-32(24)13-18-4-5-18)19-8-6-17(12-26)7-9-19/h6-8,10-11,14-15,18-19H,4-5,9,13H2,1-3H3,(H,27,28,29). The monoisotopic (exact) mass is 462 g/mol. The smallest absolute Gasteiger partial charge is 0.152 e. The Bertz CT molecular complexity index is 1200. The maximum absolute atomic E-state index is 9.12. The van der Waals surface area contributed by atoms with Crippen LogP contribution in [0.25, 0.3) is 0 Å². The van der Waals surface area contributed by atoms with E-state index in [1.807, 2.05) is 36.0 Å². The van der Waals surface area contributed by atoms with E-state index in [9.17, 15) is 0 Å². The molecule has 33 heavy (non-hydrogen) atoms. The van der Waals surface area contributed by atoms with Crippen molar-refractivity contribution >= 4 is 29.1 Å². The number of hydrazine groups is 1. The fourth-order valence-electron chi connectivity index (χ4n) is 4.35. The topological polar surface area (TPSA) is 85.9 Å². The van der Waals surface area contributed by atoms with E-state index >= 15 is 0 Å². The van der Waals surface area contributed by atoms with E-state index < -0.39 is 0 Å². The normalized spacial score (nSPS) is 22.8. The predicted molar refractivity (Wildman–Crippen MR) is 129 cm³/mol. The highest BCUT2D eigenvalue weighted by Gasteiger charge is 2.29. The molecule has 3 aliphatic rings. The van der Waals surface area contributed by atoms with E-state index in [0.29, 0.717) is 34.8 Å². The van der Waals surface area contributed by atoms with Crippen molar-refractivity contribution in [3.63, 3.8) is 0 Å². The van der Waals surface area contributed by atoms with E-state index in [2.05, 4.69) is 51.3 Å². The molecule has 8 nitrogen and oxygen atoms in total. The molecule has 0 saturated heterocycles. The number of nitriles is 1. The van der Waals surface area contributed by atoms with Crippen LogP contribution in [0, 0.1) is 17.2 Å². The molecule has 1 fully saturated rings. The molecule has 2 unspecified atom stereocenters. The molecule has 2 atom stereocenters. The lowest BCUT2D eigenvalue weighted by molar-refractivity contribution is 0.315. The van der Waals surface area contributed by atoms with Gasteiger partial charge in [0.15, 0.2) is 5.82 Å². The minimum Gasteiger partial charge on any atom is -0.324 e. The maximum atomic E-state index is 9.12. The highest BCUT2D eigenvalue weighted by Crippen LogP contribution is 2.39. The summed E-state index contributed by atoms with van der Waals surface area (Å²) >= 11 is 6.88. The first-order valence-electron chi connectivity index (χ1n) is 11.3. The number of allylic oxidation sites excluding steroid dienone is 5. The van der Waals surface area contributed by atoms with Gasteiger partial charge in [0.05, 0.1) is 11.8 Å². The lowest BCUT2D eigenvalue weighted by atomic mass is 9.94. The molecule has 0 amide bonds. The quantitative estimate of drug-likeness (QED) is 0.651. The van der Waals surface area contributed by atoms with Gasteiger partial charge in [-0.2, -0.15) is 10.4 Å². The SMILES string of the molecule is CC1=CC(C)N(C)N1c1cc(Nc2c(Cl)c(C3C=CC(C#N)=CC3)nn2CC2CC2)ncn1. The van der Waals surface area contributed by atoms with Crippen LogP contribution in [-0.2, 0) is 6.54 Å². The van der Waals surface area contributed by atoms with Crippen molar-refractivity contribution in [1.82, 2.24) is 24.8 Å². The highest BCUT2D eigenvalue weighted by molar-refractivity contribution is 6.33. The van der Waals surface area contributed by atoms with Crippen LogP contribution >= 0.6 is 11.6 Å². The van der Waals surface area contributed by atoms with Crippen LogP contribution in [0.4, 0.5) is 17.5 Å². The van der Waals surface area contributed by atoms with Gasteiger partial charge in [-0.3, -0.25) is 5.01 Å². The molecule has 5 rings (SSSR count). The molecule has 170 valence electrons. The van der Waals surface area contributed by atoms with Crippen molar-refractivity contribution in [3.05, 3.63) is 58.7 Å². The summed E-state index contributed by atoms with van der Waals surface area (Å²) in [6.07, 6.45) is 12.7. The fraction of sp³-hybridized carbons (Fsp3) is 0.417. The molecule has 9 heteroatoms. The van der Waals surface area contributed by atoms with Gasteiger partial charge in [0, 0.05) is 42.9 Å². The molecule has 2 aliphatic carbocycles. The molecule has 2 aromatic heterocycles. The second-order valence-corrected chi connectivity index (χ2v) is 9.34. The second-order valence-electron chi connectivity index (χ2n) is 8.97. The van der Waals surface area contributed by atoms with Crippen LogP contribution < -0.4 is 10.3 Å². The van der Waals surface area contributed by atoms with Gasteiger partial charge in [0.2, 0.25) is 0 Å². The molecule has 0 aromatic carbocycles. The lowest BCUT2D eigenvalue weighted by Gasteiger charge is -2.29. The number of hydrogen-bond acceptors (Lipinski definition) is 7. The van der Waals surface area contributed by atoms with Gasteiger partial charge in [-0.05, 0) is 51.2 Å². The molecule has 1 N–H and O–H groups in total. The van der Waals surface area contributed by atoms with Crippen molar-refractivity contribution in [1.29, 1.82) is 5.26 Å². The highest BCUT2D eigenvalue weighted by atomic mass is 35.5. The first-order valence-corrected chi connectivity index (χ1v) is 11.7. The van der Waals surface area contributed by atoms with Crippen LogP contribution in [0.2, 0.25) is 5.02 Å². The van der Waals surface area contributed by atoms with Gasteiger partial charge >= 0.3 is 0 Å². The number of hydrogen-bond donors (Lipinski definition) is 1. The molecule has 1 aliphatic heterocycles. The number of rotatable bonds is 6. The number of aromatic nitrogens is 4. The summed E-state index contributed by atoms with van der Waals surface area (Å²) in [5.41, 5.74) is 2.63. The van der Waals surface area contributed by atoms with E-state index in [4.69, 9.17) is 22.0 Å². The van der Waals surface area contributed by atoms with Crippen LogP contribution in [0.3, 0.4) is 0 Å². The van der Waals surface area contributed by atoms with Crippen molar-refractivity contribution in [2.24, 2.45) is 5.92 Å². The van der Waals surface area contributed by atoms with Gasteiger partial charge in [0.25, 0.3) is 0 Å². The number of nitrogens with one attached hydrogen (secondary N) is 1. The summed E-state index contributed by atoms with van der Waals surface area (Å²) in [6.45, 7) is 5.05. The average Bonchev–Trinajstić information content (AvgIpc) is 3.53. The third-order valence-corrected chi connectivity index (χ3v) is 6.84. The van der Waals surface area contributed by atoms with Gasteiger partial charge in [-0.15, -0.1) is 0 Å². The minimum absolute atomic E-state index is 0.0455. The minimum atomic E-state index is 0.0455. The Morgan fingerprint density at radius 1 is 1.30 bits per heavy atom. The Morgan fingerprint density at radius 2 is 2.12 bits per heavy atom. The Morgan fingerprint density at radius 3 is 2.76 bits per heavy atom. The Balaban J connectivity index is 1.44. The Labute approximate surface area is 198 Å². The van der Waals surface area contributed by atoms with Gasteiger partial charge < -0.3 is 5.32 Å². The first-order chi connectivity index (χ1) is 15.9. The van der Waals surface area contributed by atoms with Crippen LogP contribution in [0.1, 0.15) is 44.7 Å². The summed E-state index contributed by atoms with van der Waals surface area (Å²) in [5, 5.41) is 22.2. The zero-order chi connectivity index (χ0) is 23.1. The second kappa shape index (κ2) is 8.65. The van der Waals surface area contributed by atoms with Crippen molar-refractivity contribution < 1.29 is 0 Å². The molecular formula is C24H27ClN8. The van der Waals surface area contributed by atoms with Crippen molar-refractivity contribution in [3.8, 4) is 6.07 Å². The number of halogens is 1. The van der Waals surface area contributed by atoms with Crippen LogP contribution in [-0.4, -0.2) is 37.8 Å². The summed E-state index contributed by atoms with van der Waals surface area (Å²) in [6, 6.07) is 4.42. The summed E-state index contributed by atoms with van der Waals surface area (Å²) < 4.78 is 1.98. The maximum Gasteiger partial charge on any atom is 0.152 e. The lowest BCUT2D eigenvalue weighted by Crippen LogP contribution is -2.38. The zero-order valence-corrected chi connectivity index (χ0v) is 19.8. The summed E-state index contributed by atoms with van der Waals surface area (Å²) in [4.78, 5) is 8.94. The van der Waals surface area contributed by atoms with E-state index in [-0.39, 0.29) is 5.92 Å². The van der Waals surface area contributed by atoms with Gasteiger partial charge in [-0.25, -0.2) is 19.7 Å². The number of anilines is 3. The third kappa shape index (κ3) is 4.26. The van der Waals surface area contributed by atoms with E-state index in [1.54, 1.807) is 6.33 Å². The summed E-state index contributed by atoms with van der Waals surface area (Å²) in [5.74, 6) is 2.89. The van der Waals surface area contributed by atoms with E-state index in [1.165, 1.54) is 12.8 Å². The molecule has 3 heterocycles. The molecule has 0 spiro atoms. The largest absolute Gasteiger partial charge is 0.324 e. The molecular weight excluding hydrogens is 436 g/mol. The zero-order valence-electron chi connectivity index (χ0n) is 19.0. The fourth-order valence-corrected chi connectivity index (χ4v) is 4.67. The number of nitrogens with zero attached hydrogens (tertiary/aromatic N) is 7. The van der Waals surface area contributed by atoms with Gasteiger partial charge in [0.1, 0.15) is 23.0 Å². The molecule has 2 aromatic rings. The Hall–Kier alpha value is -3.15. The van der Waals surface area contributed by atoms with Crippen molar-refractivity contribution in [2.75, 3.05) is 17.4 Å².